The van der Waals surface area contributed by atoms with Crippen molar-refractivity contribution in [2.24, 2.45) is 5.73 Å². The van der Waals surface area contributed by atoms with Crippen molar-refractivity contribution in [1.82, 2.24) is 9.97 Å². The lowest BCUT2D eigenvalue weighted by Gasteiger charge is -2.33. The van der Waals surface area contributed by atoms with Crippen molar-refractivity contribution >= 4 is 28.6 Å². The van der Waals surface area contributed by atoms with E-state index in [1.807, 2.05) is 23.1 Å². The number of nitrogens with two attached hydrogens (primary N) is 2. The number of hydrogen-bond acceptors (Lipinski definition) is 4. The summed E-state index contributed by atoms with van der Waals surface area (Å²) < 4.78 is 0. The van der Waals surface area contributed by atoms with Crippen molar-refractivity contribution < 1.29 is 4.79 Å². The number of aromatic amines is 1. The summed E-state index contributed by atoms with van der Waals surface area (Å²) in [5.74, 6) is 0.406. The molecule has 0 spiro atoms. The van der Waals surface area contributed by atoms with Gasteiger partial charge in [0.1, 0.15) is 6.04 Å². The van der Waals surface area contributed by atoms with Gasteiger partial charge in [0, 0.05) is 12.2 Å². The molecule has 0 radical (unpaired) electrons. The van der Waals surface area contributed by atoms with Gasteiger partial charge in [0.05, 0.1) is 11.0 Å². The van der Waals surface area contributed by atoms with Crippen LogP contribution in [0, 0.1) is 0 Å². The van der Waals surface area contributed by atoms with Gasteiger partial charge in [-0.1, -0.05) is 0 Å². The Hall–Kier alpha value is -2.24. The van der Waals surface area contributed by atoms with E-state index >= 15 is 0 Å². The molecule has 1 aliphatic heterocycles. The van der Waals surface area contributed by atoms with E-state index < -0.39 is 0 Å². The standard InChI is InChI=1S/C13H17N5O/c14-8-4-5-9-10(7-8)17-13(16-9)18-6-2-1-3-11(18)12(15)19/h4-5,7,11H,1-3,6,14H2,(H2,15,19)(H,16,17). The molecule has 0 saturated carbocycles. The fourth-order valence-corrected chi connectivity index (χ4v) is 2.63. The number of anilines is 2. The van der Waals surface area contributed by atoms with Crippen LogP contribution in [0.4, 0.5) is 11.6 Å². The molecule has 2 aromatic rings. The molecule has 6 heteroatoms. The number of hydrogen-bond donors (Lipinski definition) is 3. The number of carbonyl (C=O) groups is 1. The van der Waals surface area contributed by atoms with Gasteiger partial charge in [0.25, 0.3) is 0 Å². The summed E-state index contributed by atoms with van der Waals surface area (Å²) in [6.45, 7) is 0.795. The van der Waals surface area contributed by atoms with Crippen LogP contribution in [-0.2, 0) is 4.79 Å². The van der Waals surface area contributed by atoms with Crippen molar-refractivity contribution in [2.45, 2.75) is 25.3 Å². The molecular formula is C13H17N5O. The Morgan fingerprint density at radius 3 is 3.05 bits per heavy atom. The number of imidazole rings is 1. The van der Waals surface area contributed by atoms with Gasteiger partial charge in [0.2, 0.25) is 11.9 Å². The molecule has 3 rings (SSSR count). The molecule has 19 heavy (non-hydrogen) atoms. The second kappa shape index (κ2) is 4.46. The average Bonchev–Trinajstić information content (AvgIpc) is 2.81. The van der Waals surface area contributed by atoms with Crippen LogP contribution < -0.4 is 16.4 Å². The van der Waals surface area contributed by atoms with E-state index in [1.165, 1.54) is 0 Å². The molecule has 2 heterocycles. The second-order valence-corrected chi connectivity index (χ2v) is 4.94. The summed E-state index contributed by atoms with van der Waals surface area (Å²) in [5.41, 5.74) is 13.6. The van der Waals surface area contributed by atoms with Crippen LogP contribution in [0.15, 0.2) is 18.2 Å². The number of H-pyrrole nitrogens is 1. The minimum Gasteiger partial charge on any atom is -0.399 e. The number of aromatic nitrogens is 2. The highest BCUT2D eigenvalue weighted by Crippen LogP contribution is 2.25. The third kappa shape index (κ3) is 2.09. The number of primary amides is 1. The molecule has 1 saturated heterocycles. The normalized spacial score (nSPS) is 19.8. The van der Waals surface area contributed by atoms with Gasteiger partial charge < -0.3 is 21.4 Å². The van der Waals surface area contributed by atoms with Crippen LogP contribution in [0.1, 0.15) is 19.3 Å². The number of nitrogen functional groups attached to an aromatic ring is 1. The first kappa shape index (κ1) is 11.8. The van der Waals surface area contributed by atoms with Crippen LogP contribution in [0.3, 0.4) is 0 Å². The molecule has 0 bridgehead atoms. The number of nitrogens with one attached hydrogen (secondary N) is 1. The van der Waals surface area contributed by atoms with Gasteiger partial charge in [-0.2, -0.15) is 0 Å². The Morgan fingerprint density at radius 2 is 2.26 bits per heavy atom. The quantitative estimate of drug-likeness (QED) is 0.700. The molecule has 1 atom stereocenters. The summed E-state index contributed by atoms with van der Waals surface area (Å²) >= 11 is 0. The van der Waals surface area contributed by atoms with E-state index in [-0.39, 0.29) is 11.9 Å². The zero-order valence-electron chi connectivity index (χ0n) is 10.6. The number of fused-ring (bicyclic) bond motifs is 1. The maximum Gasteiger partial charge on any atom is 0.240 e. The summed E-state index contributed by atoms with van der Waals surface area (Å²) in [7, 11) is 0. The first-order chi connectivity index (χ1) is 9.15. The lowest BCUT2D eigenvalue weighted by molar-refractivity contribution is -0.119. The molecule has 6 nitrogen and oxygen atoms in total. The lowest BCUT2D eigenvalue weighted by atomic mass is 10.0. The summed E-state index contributed by atoms with van der Waals surface area (Å²) in [5, 5.41) is 0. The van der Waals surface area contributed by atoms with E-state index in [4.69, 9.17) is 11.5 Å². The predicted octanol–water partition coefficient (Wildman–Crippen LogP) is 0.989. The van der Waals surface area contributed by atoms with Crippen LogP contribution in [0.2, 0.25) is 0 Å². The third-order valence-electron chi connectivity index (χ3n) is 3.60. The van der Waals surface area contributed by atoms with Crippen molar-refractivity contribution in [3.05, 3.63) is 18.2 Å². The maximum atomic E-state index is 11.5. The van der Waals surface area contributed by atoms with Crippen molar-refractivity contribution in [2.75, 3.05) is 17.2 Å². The first-order valence-electron chi connectivity index (χ1n) is 6.46. The largest absolute Gasteiger partial charge is 0.399 e. The predicted molar refractivity (Wildman–Crippen MR) is 74.7 cm³/mol. The number of rotatable bonds is 2. The number of piperidine rings is 1. The molecular weight excluding hydrogens is 242 g/mol. The van der Waals surface area contributed by atoms with Crippen molar-refractivity contribution in [1.29, 1.82) is 0 Å². The summed E-state index contributed by atoms with van der Waals surface area (Å²) in [6.07, 6.45) is 2.86. The topological polar surface area (TPSA) is 101 Å². The molecule has 100 valence electrons. The number of carbonyl (C=O) groups excluding carboxylic acids is 1. The van der Waals surface area contributed by atoms with E-state index in [1.54, 1.807) is 0 Å². The minimum absolute atomic E-state index is 0.272. The van der Waals surface area contributed by atoms with Gasteiger partial charge in [-0.3, -0.25) is 4.79 Å². The third-order valence-corrected chi connectivity index (χ3v) is 3.60. The van der Waals surface area contributed by atoms with E-state index in [9.17, 15) is 4.79 Å². The van der Waals surface area contributed by atoms with Gasteiger partial charge in [-0.05, 0) is 37.5 Å². The SMILES string of the molecule is NC(=O)C1CCCCN1c1nc2ccc(N)cc2[nH]1. The highest BCUT2D eigenvalue weighted by Gasteiger charge is 2.28. The highest BCUT2D eigenvalue weighted by molar-refractivity contribution is 5.85. The van der Waals surface area contributed by atoms with Crippen LogP contribution in [0.5, 0.6) is 0 Å². The fourth-order valence-electron chi connectivity index (χ4n) is 2.63. The van der Waals surface area contributed by atoms with Gasteiger partial charge in [0.15, 0.2) is 0 Å². The van der Waals surface area contributed by atoms with E-state index in [0.717, 1.165) is 36.8 Å². The molecule has 1 aliphatic rings. The molecule has 1 amide bonds. The Balaban J connectivity index is 1.99. The molecule has 5 N–H and O–H groups in total. The van der Waals surface area contributed by atoms with Gasteiger partial charge >= 0.3 is 0 Å². The summed E-state index contributed by atoms with van der Waals surface area (Å²) in [4.78, 5) is 21.2. The Labute approximate surface area is 110 Å². The zero-order chi connectivity index (χ0) is 13.4. The molecule has 1 fully saturated rings. The van der Waals surface area contributed by atoms with Crippen molar-refractivity contribution in [3.8, 4) is 0 Å². The van der Waals surface area contributed by atoms with E-state index in [2.05, 4.69) is 9.97 Å². The van der Waals surface area contributed by atoms with Gasteiger partial charge in [-0.25, -0.2) is 4.98 Å². The second-order valence-electron chi connectivity index (χ2n) is 4.94. The molecule has 1 aromatic carbocycles. The monoisotopic (exact) mass is 259 g/mol. The smallest absolute Gasteiger partial charge is 0.240 e. The van der Waals surface area contributed by atoms with E-state index in [0.29, 0.717) is 11.6 Å². The fraction of sp³-hybridized carbons (Fsp3) is 0.385. The molecule has 1 aromatic heterocycles. The van der Waals surface area contributed by atoms with Crippen LogP contribution >= 0.6 is 0 Å². The Kier molecular flexibility index (Phi) is 2.77. The zero-order valence-corrected chi connectivity index (χ0v) is 10.6. The molecule has 0 aliphatic carbocycles. The highest BCUT2D eigenvalue weighted by atomic mass is 16.1. The number of benzene rings is 1. The van der Waals surface area contributed by atoms with Gasteiger partial charge in [-0.15, -0.1) is 0 Å². The number of nitrogens with zero attached hydrogens (tertiary/aromatic N) is 2. The van der Waals surface area contributed by atoms with Crippen LogP contribution in [-0.4, -0.2) is 28.5 Å². The Bertz CT molecular complexity index is 621. The lowest BCUT2D eigenvalue weighted by Crippen LogP contribution is -2.48. The average molecular weight is 259 g/mol. The minimum atomic E-state index is -0.292. The maximum absolute atomic E-state index is 11.5. The number of amides is 1. The Morgan fingerprint density at radius 1 is 1.42 bits per heavy atom. The van der Waals surface area contributed by atoms with Crippen LogP contribution in [0.25, 0.3) is 11.0 Å². The summed E-state index contributed by atoms with van der Waals surface area (Å²) in [6, 6.07) is 5.25. The molecule has 1 unspecified atom stereocenters. The first-order valence-corrected chi connectivity index (χ1v) is 6.46. The van der Waals surface area contributed by atoms with Crippen molar-refractivity contribution in [3.63, 3.8) is 0 Å².